The molecule has 1 aliphatic rings. The van der Waals surface area contributed by atoms with Crippen molar-refractivity contribution in [2.75, 3.05) is 6.79 Å². The highest BCUT2D eigenvalue weighted by atomic mass is 32.1. The molecule has 0 bridgehead atoms. The first-order valence-electron chi connectivity index (χ1n) is 7.00. The van der Waals surface area contributed by atoms with Crippen molar-refractivity contribution in [2.45, 2.75) is 0 Å². The summed E-state index contributed by atoms with van der Waals surface area (Å²) in [7, 11) is 0. The van der Waals surface area contributed by atoms with E-state index in [4.69, 9.17) is 9.47 Å². The standard InChI is InChI=1S/C17H12N2O3S/c20-14(12-3-6-15-16(10-12)22-11-21-15)5-4-13-2-1-8-19(13)17-18-7-9-23-17/h1-10H,11H2/b5-4-. The number of hydrogen-bond acceptors (Lipinski definition) is 5. The number of carbonyl (C=O) groups excluding carboxylic acids is 1. The van der Waals surface area contributed by atoms with Gasteiger partial charge in [0.15, 0.2) is 22.4 Å². The first-order chi connectivity index (χ1) is 11.3. The SMILES string of the molecule is O=C(/C=C\c1cccn1-c1nccs1)c1ccc2c(c1)OCO2. The van der Waals surface area contributed by atoms with Crippen molar-refractivity contribution in [3.8, 4) is 16.6 Å². The Hall–Kier alpha value is -2.86. The van der Waals surface area contributed by atoms with Crippen molar-refractivity contribution in [1.82, 2.24) is 9.55 Å². The zero-order chi connectivity index (χ0) is 15.6. The number of ketones is 1. The van der Waals surface area contributed by atoms with E-state index < -0.39 is 0 Å². The number of hydrogen-bond donors (Lipinski definition) is 0. The number of aromatic nitrogens is 2. The first-order valence-corrected chi connectivity index (χ1v) is 7.88. The van der Waals surface area contributed by atoms with E-state index in [1.807, 2.05) is 28.3 Å². The zero-order valence-corrected chi connectivity index (χ0v) is 12.8. The Kier molecular flexibility index (Phi) is 3.44. The van der Waals surface area contributed by atoms with E-state index in [-0.39, 0.29) is 12.6 Å². The van der Waals surface area contributed by atoms with E-state index >= 15 is 0 Å². The minimum absolute atomic E-state index is 0.0878. The summed E-state index contributed by atoms with van der Waals surface area (Å²) in [6, 6.07) is 9.05. The number of rotatable bonds is 4. The summed E-state index contributed by atoms with van der Waals surface area (Å²) < 4.78 is 12.5. The van der Waals surface area contributed by atoms with Gasteiger partial charge >= 0.3 is 0 Å². The van der Waals surface area contributed by atoms with Gasteiger partial charge in [0.25, 0.3) is 0 Å². The van der Waals surface area contributed by atoms with Crippen LogP contribution in [-0.2, 0) is 0 Å². The molecule has 1 aliphatic heterocycles. The Morgan fingerprint density at radius 2 is 2.17 bits per heavy atom. The van der Waals surface area contributed by atoms with E-state index in [0.717, 1.165) is 10.8 Å². The van der Waals surface area contributed by atoms with Crippen LogP contribution >= 0.6 is 11.3 Å². The summed E-state index contributed by atoms with van der Waals surface area (Å²) in [5.74, 6) is 1.19. The second-order valence-electron chi connectivity index (χ2n) is 4.88. The fraction of sp³-hybridized carbons (Fsp3) is 0.0588. The predicted molar refractivity (Wildman–Crippen MR) is 87.4 cm³/mol. The maximum Gasteiger partial charge on any atom is 0.231 e. The molecule has 6 heteroatoms. The van der Waals surface area contributed by atoms with E-state index in [2.05, 4.69) is 4.98 Å². The lowest BCUT2D eigenvalue weighted by atomic mass is 10.1. The molecule has 3 heterocycles. The van der Waals surface area contributed by atoms with Crippen LogP contribution < -0.4 is 9.47 Å². The van der Waals surface area contributed by atoms with Crippen LogP contribution in [0, 0.1) is 0 Å². The molecular weight excluding hydrogens is 312 g/mol. The van der Waals surface area contributed by atoms with E-state index in [0.29, 0.717) is 17.1 Å². The third kappa shape index (κ3) is 2.64. The first kappa shape index (κ1) is 13.8. The van der Waals surface area contributed by atoms with Gasteiger partial charge < -0.3 is 9.47 Å². The fourth-order valence-electron chi connectivity index (χ4n) is 2.35. The van der Waals surface area contributed by atoms with Crippen LogP contribution in [0.25, 0.3) is 11.2 Å². The third-order valence-electron chi connectivity index (χ3n) is 3.47. The summed E-state index contributed by atoms with van der Waals surface area (Å²) >= 11 is 1.54. The molecule has 0 N–H and O–H groups in total. The lowest BCUT2D eigenvalue weighted by Gasteiger charge is -2.01. The molecule has 0 aliphatic carbocycles. The van der Waals surface area contributed by atoms with Gasteiger partial charge in [-0.15, -0.1) is 11.3 Å². The lowest BCUT2D eigenvalue weighted by molar-refractivity contribution is 0.104. The molecule has 1 aromatic carbocycles. The molecule has 2 aromatic heterocycles. The van der Waals surface area contributed by atoms with Crippen molar-refractivity contribution in [1.29, 1.82) is 0 Å². The van der Waals surface area contributed by atoms with Gasteiger partial charge in [0.05, 0.1) is 0 Å². The van der Waals surface area contributed by atoms with Crippen molar-refractivity contribution < 1.29 is 14.3 Å². The topological polar surface area (TPSA) is 53.4 Å². The highest BCUT2D eigenvalue weighted by Gasteiger charge is 2.15. The van der Waals surface area contributed by atoms with Gasteiger partial charge in [-0.1, -0.05) is 0 Å². The molecule has 0 saturated carbocycles. The monoisotopic (exact) mass is 324 g/mol. The number of thiazole rings is 1. The molecule has 0 fully saturated rings. The summed E-state index contributed by atoms with van der Waals surface area (Å²) in [5, 5.41) is 2.78. The maximum atomic E-state index is 12.3. The molecule has 3 aromatic rings. The van der Waals surface area contributed by atoms with Gasteiger partial charge in [0, 0.05) is 29.0 Å². The average Bonchev–Trinajstić information content (AvgIpc) is 3.31. The molecule has 114 valence electrons. The Bertz CT molecular complexity index is 881. The minimum Gasteiger partial charge on any atom is -0.454 e. The van der Waals surface area contributed by atoms with Gasteiger partial charge in [-0.25, -0.2) is 4.98 Å². The third-order valence-corrected chi connectivity index (χ3v) is 4.24. The smallest absolute Gasteiger partial charge is 0.231 e. The molecule has 0 unspecified atom stereocenters. The molecule has 0 radical (unpaired) electrons. The van der Waals surface area contributed by atoms with E-state index in [1.165, 1.54) is 0 Å². The molecule has 4 rings (SSSR count). The Morgan fingerprint density at radius 1 is 1.26 bits per heavy atom. The number of benzene rings is 1. The molecular formula is C17H12N2O3S. The normalized spacial score (nSPS) is 12.9. The molecule has 5 nitrogen and oxygen atoms in total. The van der Waals surface area contributed by atoms with Crippen LogP contribution in [0.5, 0.6) is 11.5 Å². The average molecular weight is 324 g/mol. The quantitative estimate of drug-likeness (QED) is 0.544. The second kappa shape index (κ2) is 5.73. The largest absolute Gasteiger partial charge is 0.454 e. The summed E-state index contributed by atoms with van der Waals surface area (Å²) in [6.07, 6.45) is 7.01. The molecule has 0 atom stereocenters. The Balaban J connectivity index is 1.57. The summed E-state index contributed by atoms with van der Waals surface area (Å²) in [6.45, 7) is 0.199. The number of nitrogens with zero attached hydrogens (tertiary/aromatic N) is 2. The van der Waals surface area contributed by atoms with Gasteiger partial charge in [-0.3, -0.25) is 9.36 Å². The van der Waals surface area contributed by atoms with Crippen molar-refractivity contribution in [3.05, 3.63) is 65.4 Å². The van der Waals surface area contributed by atoms with Crippen molar-refractivity contribution in [3.63, 3.8) is 0 Å². The van der Waals surface area contributed by atoms with Crippen LogP contribution in [-0.4, -0.2) is 22.1 Å². The predicted octanol–water partition coefficient (Wildman–Crippen LogP) is 3.56. The Morgan fingerprint density at radius 3 is 3.04 bits per heavy atom. The van der Waals surface area contributed by atoms with Gasteiger partial charge in [0.1, 0.15) is 0 Å². The number of allylic oxidation sites excluding steroid dienone is 1. The van der Waals surface area contributed by atoms with Crippen LogP contribution in [0.1, 0.15) is 16.1 Å². The maximum absolute atomic E-state index is 12.3. The van der Waals surface area contributed by atoms with Gasteiger partial charge in [-0.05, 0) is 42.5 Å². The van der Waals surface area contributed by atoms with Crippen LogP contribution in [0.2, 0.25) is 0 Å². The summed E-state index contributed by atoms with van der Waals surface area (Å²) in [5.41, 5.74) is 1.46. The highest BCUT2D eigenvalue weighted by Crippen LogP contribution is 2.32. The van der Waals surface area contributed by atoms with Gasteiger partial charge in [0.2, 0.25) is 6.79 Å². The van der Waals surface area contributed by atoms with Crippen LogP contribution in [0.4, 0.5) is 0 Å². The minimum atomic E-state index is -0.0878. The molecule has 0 saturated heterocycles. The number of fused-ring (bicyclic) bond motifs is 1. The zero-order valence-electron chi connectivity index (χ0n) is 12.0. The van der Waals surface area contributed by atoms with Crippen LogP contribution in [0.15, 0.2) is 54.2 Å². The summed E-state index contributed by atoms with van der Waals surface area (Å²) in [4.78, 5) is 16.6. The second-order valence-corrected chi connectivity index (χ2v) is 5.76. The van der Waals surface area contributed by atoms with Crippen molar-refractivity contribution in [2.24, 2.45) is 0 Å². The van der Waals surface area contributed by atoms with E-state index in [9.17, 15) is 4.79 Å². The van der Waals surface area contributed by atoms with E-state index in [1.54, 1.807) is 47.9 Å². The molecule has 23 heavy (non-hydrogen) atoms. The lowest BCUT2D eigenvalue weighted by Crippen LogP contribution is -1.96. The van der Waals surface area contributed by atoms with Crippen molar-refractivity contribution >= 4 is 23.2 Å². The highest BCUT2D eigenvalue weighted by molar-refractivity contribution is 7.12. The van der Waals surface area contributed by atoms with Crippen LogP contribution in [0.3, 0.4) is 0 Å². The molecule has 0 spiro atoms. The molecule has 0 amide bonds. The van der Waals surface area contributed by atoms with Gasteiger partial charge in [-0.2, -0.15) is 0 Å². The number of carbonyl (C=O) groups is 1. The number of ether oxygens (including phenoxy) is 2. The Labute approximate surface area is 136 Å². The fourth-order valence-corrected chi connectivity index (χ4v) is 2.99.